The zero-order valence-electron chi connectivity index (χ0n) is 22.0. The molecule has 37 heavy (non-hydrogen) atoms. The van der Waals surface area contributed by atoms with E-state index in [1.54, 1.807) is 0 Å². The molecule has 3 aromatic rings. The van der Waals surface area contributed by atoms with Gasteiger partial charge in [-0.2, -0.15) is 5.10 Å². The van der Waals surface area contributed by atoms with Crippen molar-refractivity contribution in [3.8, 4) is 22.8 Å². The zero-order chi connectivity index (χ0) is 25.8. The van der Waals surface area contributed by atoms with E-state index >= 15 is 0 Å². The van der Waals surface area contributed by atoms with Gasteiger partial charge in [0, 0.05) is 37.3 Å². The van der Waals surface area contributed by atoms with Gasteiger partial charge in [-0.3, -0.25) is 14.8 Å². The molecule has 1 aromatic heterocycles. The van der Waals surface area contributed by atoms with Crippen molar-refractivity contribution >= 4 is 5.91 Å². The molecule has 1 unspecified atom stereocenters. The van der Waals surface area contributed by atoms with Crippen LogP contribution in [0.4, 0.5) is 0 Å². The number of aromatic amines is 1. The van der Waals surface area contributed by atoms with Crippen molar-refractivity contribution < 1.29 is 19.0 Å². The summed E-state index contributed by atoms with van der Waals surface area (Å²) in [7, 11) is 0. The highest BCUT2D eigenvalue weighted by atomic mass is 16.5. The number of aryl methyl sites for hydroxylation is 1. The van der Waals surface area contributed by atoms with Crippen molar-refractivity contribution in [2.45, 2.75) is 33.2 Å². The first kappa shape index (κ1) is 25.3. The minimum absolute atomic E-state index is 0.0142. The number of aromatic nitrogens is 2. The maximum atomic E-state index is 13.7. The van der Waals surface area contributed by atoms with Crippen molar-refractivity contribution in [3.05, 3.63) is 64.8 Å². The third kappa shape index (κ3) is 5.22. The Labute approximate surface area is 218 Å². The fraction of sp³-hybridized carbons (Fsp3) is 0.448. The molecule has 0 aliphatic carbocycles. The molecule has 0 radical (unpaired) electrons. The van der Waals surface area contributed by atoms with Crippen LogP contribution in [0.1, 0.15) is 53.5 Å². The van der Waals surface area contributed by atoms with E-state index in [-0.39, 0.29) is 11.9 Å². The molecule has 3 heterocycles. The van der Waals surface area contributed by atoms with Crippen LogP contribution in [0, 0.1) is 6.92 Å². The van der Waals surface area contributed by atoms with Gasteiger partial charge in [-0.05, 0) is 44.9 Å². The molecule has 2 aliphatic heterocycles. The van der Waals surface area contributed by atoms with E-state index in [1.807, 2.05) is 36.9 Å². The van der Waals surface area contributed by atoms with Crippen LogP contribution >= 0.6 is 0 Å². The highest BCUT2D eigenvalue weighted by Crippen LogP contribution is 2.44. The Balaban J connectivity index is 1.51. The van der Waals surface area contributed by atoms with Crippen LogP contribution in [0.3, 0.4) is 0 Å². The zero-order valence-corrected chi connectivity index (χ0v) is 22.0. The Hall–Kier alpha value is -3.36. The predicted octanol–water partition coefficient (Wildman–Crippen LogP) is 4.45. The number of morpholine rings is 1. The highest BCUT2D eigenvalue weighted by molar-refractivity contribution is 6.00. The lowest BCUT2D eigenvalue weighted by atomic mass is 9.95. The summed E-state index contributed by atoms with van der Waals surface area (Å²) in [5.41, 5.74) is 5.47. The molecule has 8 nitrogen and oxygen atoms in total. The summed E-state index contributed by atoms with van der Waals surface area (Å²) in [6, 6.07) is 14.0. The standard InChI is InChI=1S/C29H36N4O4/c1-4-36-23-12-11-22(19-24(23)37-5-2)28-25-26(21-9-7-20(3)8-10-21)30-31-27(25)29(34)33(28)14-6-13-32-15-17-35-18-16-32/h7-12,19,28H,4-6,13-18H2,1-3H3,(H,30,31). The Morgan fingerprint density at radius 1 is 1.00 bits per heavy atom. The Bertz CT molecular complexity index is 1220. The fourth-order valence-electron chi connectivity index (χ4n) is 5.23. The van der Waals surface area contributed by atoms with Crippen molar-refractivity contribution in [2.75, 3.05) is 52.6 Å². The molecular weight excluding hydrogens is 468 g/mol. The quantitative estimate of drug-likeness (QED) is 0.440. The van der Waals surface area contributed by atoms with Gasteiger partial charge in [-0.15, -0.1) is 0 Å². The lowest BCUT2D eigenvalue weighted by Gasteiger charge is -2.30. The number of carbonyl (C=O) groups is 1. The summed E-state index contributed by atoms with van der Waals surface area (Å²) in [5.74, 6) is 1.39. The maximum absolute atomic E-state index is 13.7. The molecule has 8 heteroatoms. The van der Waals surface area contributed by atoms with E-state index in [9.17, 15) is 4.79 Å². The molecule has 2 aromatic carbocycles. The number of H-pyrrole nitrogens is 1. The second kappa shape index (κ2) is 11.4. The Morgan fingerprint density at radius 2 is 1.73 bits per heavy atom. The van der Waals surface area contributed by atoms with Crippen LogP contribution in [-0.4, -0.2) is 78.5 Å². The molecule has 2 aliphatic rings. The Kier molecular flexibility index (Phi) is 7.76. The minimum Gasteiger partial charge on any atom is -0.490 e. The number of nitrogens with one attached hydrogen (secondary N) is 1. The lowest BCUT2D eigenvalue weighted by molar-refractivity contribution is 0.0354. The average molecular weight is 505 g/mol. The van der Waals surface area contributed by atoms with E-state index in [2.05, 4.69) is 46.3 Å². The summed E-state index contributed by atoms with van der Waals surface area (Å²) in [6.45, 7) is 12.1. The molecule has 0 spiro atoms. The van der Waals surface area contributed by atoms with Gasteiger partial charge in [0.25, 0.3) is 5.91 Å². The number of carbonyl (C=O) groups excluding carboxylic acids is 1. The lowest BCUT2D eigenvalue weighted by Crippen LogP contribution is -2.38. The molecule has 0 saturated carbocycles. The fourth-order valence-corrected chi connectivity index (χ4v) is 5.23. The highest BCUT2D eigenvalue weighted by Gasteiger charge is 2.42. The molecule has 5 rings (SSSR count). The van der Waals surface area contributed by atoms with E-state index in [1.165, 1.54) is 5.56 Å². The average Bonchev–Trinajstić information content (AvgIpc) is 3.45. The number of hydrogen-bond donors (Lipinski definition) is 1. The van der Waals surface area contributed by atoms with Gasteiger partial charge in [0.15, 0.2) is 11.5 Å². The van der Waals surface area contributed by atoms with Gasteiger partial charge in [0.1, 0.15) is 5.69 Å². The van der Waals surface area contributed by atoms with Gasteiger partial charge in [0.2, 0.25) is 0 Å². The number of benzene rings is 2. The maximum Gasteiger partial charge on any atom is 0.273 e. The van der Waals surface area contributed by atoms with E-state index < -0.39 is 0 Å². The molecule has 1 fully saturated rings. The van der Waals surface area contributed by atoms with Crippen molar-refractivity contribution in [1.82, 2.24) is 20.0 Å². The monoisotopic (exact) mass is 504 g/mol. The summed E-state index contributed by atoms with van der Waals surface area (Å²) in [6.07, 6.45) is 0.884. The van der Waals surface area contributed by atoms with Crippen molar-refractivity contribution in [2.24, 2.45) is 0 Å². The molecule has 1 N–H and O–H groups in total. The number of ether oxygens (including phenoxy) is 3. The summed E-state index contributed by atoms with van der Waals surface area (Å²) >= 11 is 0. The summed E-state index contributed by atoms with van der Waals surface area (Å²) in [4.78, 5) is 18.1. The second-order valence-corrected chi connectivity index (χ2v) is 9.51. The number of fused-ring (bicyclic) bond motifs is 1. The molecule has 196 valence electrons. The van der Waals surface area contributed by atoms with Crippen LogP contribution in [0.15, 0.2) is 42.5 Å². The number of amides is 1. The van der Waals surface area contributed by atoms with E-state index in [0.717, 1.165) is 61.7 Å². The topological polar surface area (TPSA) is 79.9 Å². The van der Waals surface area contributed by atoms with Gasteiger partial charge in [-0.25, -0.2) is 0 Å². The third-order valence-corrected chi connectivity index (χ3v) is 7.05. The van der Waals surface area contributed by atoms with Crippen LogP contribution in [0.5, 0.6) is 11.5 Å². The summed E-state index contributed by atoms with van der Waals surface area (Å²) in [5, 5.41) is 7.67. The Morgan fingerprint density at radius 3 is 2.46 bits per heavy atom. The van der Waals surface area contributed by atoms with E-state index in [0.29, 0.717) is 37.0 Å². The third-order valence-electron chi connectivity index (χ3n) is 7.05. The van der Waals surface area contributed by atoms with Crippen LogP contribution in [0.2, 0.25) is 0 Å². The smallest absolute Gasteiger partial charge is 0.273 e. The summed E-state index contributed by atoms with van der Waals surface area (Å²) < 4.78 is 17.2. The molecular formula is C29H36N4O4. The largest absolute Gasteiger partial charge is 0.490 e. The SMILES string of the molecule is CCOc1ccc(C2c3c(-c4ccc(C)cc4)n[nH]c3C(=O)N2CCCN2CCOCC2)cc1OCC. The minimum atomic E-state index is -0.267. The van der Waals surface area contributed by atoms with Crippen LogP contribution < -0.4 is 9.47 Å². The van der Waals surface area contributed by atoms with E-state index in [4.69, 9.17) is 14.2 Å². The molecule has 0 bridgehead atoms. The van der Waals surface area contributed by atoms with Gasteiger partial charge >= 0.3 is 0 Å². The number of rotatable bonds is 10. The van der Waals surface area contributed by atoms with Gasteiger partial charge in [-0.1, -0.05) is 35.9 Å². The van der Waals surface area contributed by atoms with Crippen molar-refractivity contribution in [1.29, 1.82) is 0 Å². The molecule has 1 atom stereocenters. The van der Waals surface area contributed by atoms with Crippen LogP contribution in [-0.2, 0) is 4.74 Å². The second-order valence-electron chi connectivity index (χ2n) is 9.51. The number of nitrogens with zero attached hydrogens (tertiary/aromatic N) is 3. The molecule has 1 saturated heterocycles. The van der Waals surface area contributed by atoms with Crippen LogP contribution in [0.25, 0.3) is 11.3 Å². The first-order valence-electron chi connectivity index (χ1n) is 13.3. The number of hydrogen-bond acceptors (Lipinski definition) is 6. The van der Waals surface area contributed by atoms with Crippen molar-refractivity contribution in [3.63, 3.8) is 0 Å². The first-order valence-corrected chi connectivity index (χ1v) is 13.3. The van der Waals surface area contributed by atoms with Gasteiger partial charge in [0.05, 0.1) is 38.2 Å². The first-order chi connectivity index (χ1) is 18.1. The van der Waals surface area contributed by atoms with Gasteiger partial charge < -0.3 is 19.1 Å². The normalized spacial score (nSPS) is 17.8. The predicted molar refractivity (Wildman–Crippen MR) is 142 cm³/mol. The molecule has 1 amide bonds.